The van der Waals surface area contributed by atoms with Crippen LogP contribution in [0.2, 0.25) is 0 Å². The van der Waals surface area contributed by atoms with E-state index in [4.69, 9.17) is 17.0 Å². The number of para-hydroxylation sites is 1. The van der Waals surface area contributed by atoms with Gasteiger partial charge in [0.05, 0.1) is 12.7 Å². The summed E-state index contributed by atoms with van der Waals surface area (Å²) < 4.78 is 42.8. The van der Waals surface area contributed by atoms with Gasteiger partial charge in [-0.3, -0.25) is 0 Å². The largest absolute Gasteiger partial charge is 0.496 e. The second-order valence-electron chi connectivity index (χ2n) is 5.37. The third-order valence-electron chi connectivity index (χ3n) is 3.57. The summed E-state index contributed by atoms with van der Waals surface area (Å²) in [6.45, 7) is 0.643. The summed E-state index contributed by atoms with van der Waals surface area (Å²) in [5.74, 6) is 0.855. The van der Waals surface area contributed by atoms with E-state index in [0.717, 1.165) is 36.3 Å². The van der Waals surface area contributed by atoms with Crippen LogP contribution in [0.4, 0.5) is 18.9 Å². The van der Waals surface area contributed by atoms with Crippen molar-refractivity contribution in [3.05, 3.63) is 59.7 Å². The zero-order chi connectivity index (χ0) is 18.3. The standard InChI is InChI=1S/C18H19F3N2OS/c1-24-16-7-3-2-5-13(16)6-4-12-22-17(25)23-15-10-8-14(9-11-15)18(19,20)21/h2-3,5,7-11H,4,6,12H2,1H3,(H2,22,23,25). The fraction of sp³-hybridized carbons (Fsp3) is 0.278. The molecular weight excluding hydrogens is 349 g/mol. The van der Waals surface area contributed by atoms with Gasteiger partial charge in [-0.25, -0.2) is 0 Å². The van der Waals surface area contributed by atoms with E-state index in [1.54, 1.807) is 7.11 Å². The number of methoxy groups -OCH3 is 1. The number of hydrogen-bond acceptors (Lipinski definition) is 2. The molecular formula is C18H19F3N2OS. The number of halogens is 3. The fourth-order valence-electron chi connectivity index (χ4n) is 2.31. The maximum Gasteiger partial charge on any atom is 0.416 e. The van der Waals surface area contributed by atoms with E-state index in [9.17, 15) is 13.2 Å². The Kier molecular flexibility index (Phi) is 6.64. The molecule has 0 amide bonds. The van der Waals surface area contributed by atoms with E-state index < -0.39 is 11.7 Å². The predicted molar refractivity (Wildman–Crippen MR) is 97.0 cm³/mol. The predicted octanol–water partition coefficient (Wildman–Crippen LogP) is 4.63. The van der Waals surface area contributed by atoms with Gasteiger partial charge < -0.3 is 15.4 Å². The van der Waals surface area contributed by atoms with Gasteiger partial charge in [0.25, 0.3) is 0 Å². The maximum absolute atomic E-state index is 12.5. The first kappa shape index (κ1) is 19.1. The summed E-state index contributed by atoms with van der Waals surface area (Å²) >= 11 is 5.15. The van der Waals surface area contributed by atoms with E-state index in [-0.39, 0.29) is 0 Å². The SMILES string of the molecule is COc1ccccc1CCCNC(=S)Nc1ccc(C(F)(F)F)cc1. The van der Waals surface area contributed by atoms with Crippen molar-refractivity contribution in [3.8, 4) is 5.75 Å². The van der Waals surface area contributed by atoms with E-state index in [0.29, 0.717) is 17.3 Å². The number of benzene rings is 2. The summed E-state index contributed by atoms with van der Waals surface area (Å²) in [4.78, 5) is 0. The minimum atomic E-state index is -4.34. The Morgan fingerprint density at radius 3 is 2.40 bits per heavy atom. The first-order chi connectivity index (χ1) is 11.9. The Hall–Kier alpha value is -2.28. The molecule has 0 saturated carbocycles. The summed E-state index contributed by atoms with van der Waals surface area (Å²) in [7, 11) is 1.64. The summed E-state index contributed by atoms with van der Waals surface area (Å²) in [5, 5.41) is 6.29. The number of anilines is 1. The number of hydrogen-bond donors (Lipinski definition) is 2. The molecule has 2 N–H and O–H groups in total. The lowest BCUT2D eigenvalue weighted by Crippen LogP contribution is -2.29. The molecule has 0 heterocycles. The quantitative estimate of drug-likeness (QED) is 0.575. The van der Waals surface area contributed by atoms with Crippen LogP contribution in [0.1, 0.15) is 17.5 Å². The van der Waals surface area contributed by atoms with Crippen molar-refractivity contribution >= 4 is 23.0 Å². The van der Waals surface area contributed by atoms with Crippen LogP contribution in [-0.4, -0.2) is 18.8 Å². The number of aryl methyl sites for hydroxylation is 1. The Morgan fingerprint density at radius 2 is 1.76 bits per heavy atom. The molecule has 2 aromatic carbocycles. The van der Waals surface area contributed by atoms with Gasteiger partial charge in [-0.1, -0.05) is 18.2 Å². The van der Waals surface area contributed by atoms with E-state index in [2.05, 4.69) is 10.6 Å². The van der Waals surface area contributed by atoms with Gasteiger partial charge >= 0.3 is 6.18 Å². The molecule has 0 radical (unpaired) electrons. The lowest BCUT2D eigenvalue weighted by molar-refractivity contribution is -0.137. The topological polar surface area (TPSA) is 33.3 Å². The summed E-state index contributed by atoms with van der Waals surface area (Å²) in [5.41, 5.74) is 0.942. The van der Waals surface area contributed by atoms with Gasteiger partial charge in [-0.15, -0.1) is 0 Å². The normalized spacial score (nSPS) is 11.0. The first-order valence-corrected chi connectivity index (χ1v) is 8.15. The van der Waals surface area contributed by atoms with Gasteiger partial charge in [0.15, 0.2) is 5.11 Å². The Morgan fingerprint density at radius 1 is 1.08 bits per heavy atom. The van der Waals surface area contributed by atoms with Crippen molar-refractivity contribution in [3.63, 3.8) is 0 Å². The van der Waals surface area contributed by atoms with Gasteiger partial charge in [0, 0.05) is 12.2 Å². The zero-order valence-corrected chi connectivity index (χ0v) is 14.5. The minimum absolute atomic E-state index is 0.375. The molecule has 0 atom stereocenters. The van der Waals surface area contributed by atoms with Crippen molar-refractivity contribution in [2.24, 2.45) is 0 Å². The van der Waals surface area contributed by atoms with Crippen LogP contribution in [0.3, 0.4) is 0 Å². The molecule has 2 aromatic rings. The molecule has 0 unspecified atom stereocenters. The van der Waals surface area contributed by atoms with E-state index in [1.807, 2.05) is 24.3 Å². The molecule has 134 valence electrons. The maximum atomic E-state index is 12.5. The second kappa shape index (κ2) is 8.71. The van der Waals surface area contributed by atoms with Crippen LogP contribution in [0.25, 0.3) is 0 Å². The molecule has 0 bridgehead atoms. The van der Waals surface area contributed by atoms with Gasteiger partial charge in [-0.2, -0.15) is 13.2 Å². The van der Waals surface area contributed by atoms with Gasteiger partial charge in [0.2, 0.25) is 0 Å². The number of ether oxygens (including phenoxy) is 1. The highest BCUT2D eigenvalue weighted by Crippen LogP contribution is 2.29. The van der Waals surface area contributed by atoms with Crippen molar-refractivity contribution in [2.75, 3.05) is 19.0 Å². The van der Waals surface area contributed by atoms with E-state index in [1.165, 1.54) is 12.1 Å². The Bertz CT molecular complexity index is 702. The van der Waals surface area contributed by atoms with Crippen LogP contribution in [0.5, 0.6) is 5.75 Å². The van der Waals surface area contributed by atoms with Gasteiger partial charge in [0.1, 0.15) is 5.75 Å². The molecule has 0 aliphatic carbocycles. The van der Waals surface area contributed by atoms with Crippen LogP contribution < -0.4 is 15.4 Å². The highest BCUT2D eigenvalue weighted by atomic mass is 32.1. The monoisotopic (exact) mass is 368 g/mol. The van der Waals surface area contributed by atoms with E-state index >= 15 is 0 Å². The smallest absolute Gasteiger partial charge is 0.416 e. The molecule has 3 nitrogen and oxygen atoms in total. The Labute approximate surface area is 150 Å². The average Bonchev–Trinajstić information content (AvgIpc) is 2.58. The molecule has 0 saturated heterocycles. The average molecular weight is 368 g/mol. The molecule has 25 heavy (non-hydrogen) atoms. The zero-order valence-electron chi connectivity index (χ0n) is 13.7. The third-order valence-corrected chi connectivity index (χ3v) is 3.82. The minimum Gasteiger partial charge on any atom is -0.496 e. The molecule has 0 aromatic heterocycles. The molecule has 0 fully saturated rings. The highest BCUT2D eigenvalue weighted by molar-refractivity contribution is 7.80. The van der Waals surface area contributed by atoms with Gasteiger partial charge in [-0.05, 0) is 61.0 Å². The van der Waals surface area contributed by atoms with Crippen molar-refractivity contribution in [2.45, 2.75) is 19.0 Å². The molecule has 0 aliphatic heterocycles. The molecule has 2 rings (SSSR count). The van der Waals surface area contributed by atoms with Crippen molar-refractivity contribution < 1.29 is 17.9 Å². The van der Waals surface area contributed by atoms with Crippen molar-refractivity contribution in [1.82, 2.24) is 5.32 Å². The number of nitrogens with one attached hydrogen (secondary N) is 2. The van der Waals surface area contributed by atoms with Crippen LogP contribution in [0.15, 0.2) is 48.5 Å². The highest BCUT2D eigenvalue weighted by Gasteiger charge is 2.29. The molecule has 0 aliphatic rings. The summed E-state index contributed by atoms with van der Waals surface area (Å²) in [6, 6.07) is 12.6. The van der Waals surface area contributed by atoms with Crippen LogP contribution in [-0.2, 0) is 12.6 Å². The number of alkyl halides is 3. The molecule has 0 spiro atoms. The first-order valence-electron chi connectivity index (χ1n) is 7.74. The summed E-state index contributed by atoms with van der Waals surface area (Å²) in [6.07, 6.45) is -2.66. The lowest BCUT2D eigenvalue weighted by Gasteiger charge is -2.12. The Balaban J connectivity index is 1.75. The van der Waals surface area contributed by atoms with Crippen molar-refractivity contribution in [1.29, 1.82) is 0 Å². The molecule has 7 heteroatoms. The number of rotatable bonds is 6. The fourth-order valence-corrected chi connectivity index (χ4v) is 2.53. The van der Waals surface area contributed by atoms with Crippen LogP contribution >= 0.6 is 12.2 Å². The second-order valence-corrected chi connectivity index (χ2v) is 5.78. The number of thiocarbonyl (C=S) groups is 1. The van der Waals surface area contributed by atoms with Crippen LogP contribution in [0, 0.1) is 0 Å². The lowest BCUT2D eigenvalue weighted by atomic mass is 10.1. The third kappa shape index (κ3) is 5.94.